The summed E-state index contributed by atoms with van der Waals surface area (Å²) < 4.78 is 0. The molecule has 3 aliphatic carbocycles. The molecule has 4 rings (SSSR count). The van der Waals surface area contributed by atoms with E-state index in [4.69, 9.17) is 11.6 Å². The van der Waals surface area contributed by atoms with Crippen LogP contribution < -0.4 is 0 Å². The second kappa shape index (κ2) is 4.39. The van der Waals surface area contributed by atoms with Crippen LogP contribution in [0.3, 0.4) is 0 Å². The molecule has 21 heavy (non-hydrogen) atoms. The number of hydrogen-bond acceptors (Lipinski definition) is 3. The van der Waals surface area contributed by atoms with Gasteiger partial charge in [-0.25, -0.2) is 0 Å². The predicted molar refractivity (Wildman–Crippen MR) is 79.9 cm³/mol. The average Bonchev–Trinajstić information content (AvgIpc) is 2.43. The highest BCUT2D eigenvalue weighted by Crippen LogP contribution is 2.61. The number of phenolic OH excluding ortho intramolecular Hbond substituents is 2. The van der Waals surface area contributed by atoms with Crippen molar-refractivity contribution < 1.29 is 15.0 Å². The van der Waals surface area contributed by atoms with Crippen molar-refractivity contribution in [3.05, 3.63) is 22.2 Å². The highest BCUT2D eigenvalue weighted by Gasteiger charge is 2.55. The van der Waals surface area contributed by atoms with Gasteiger partial charge >= 0.3 is 0 Å². The zero-order valence-corrected chi connectivity index (χ0v) is 12.6. The van der Waals surface area contributed by atoms with Gasteiger partial charge in [0.2, 0.25) is 0 Å². The van der Waals surface area contributed by atoms with Crippen LogP contribution in [-0.2, 0) is 16.6 Å². The molecule has 3 atom stereocenters. The van der Waals surface area contributed by atoms with Crippen LogP contribution in [0, 0.1) is 11.8 Å². The summed E-state index contributed by atoms with van der Waals surface area (Å²) in [4.78, 5) is 12.1. The Morgan fingerprint density at radius 3 is 2.90 bits per heavy atom. The van der Waals surface area contributed by atoms with Gasteiger partial charge in [0.1, 0.15) is 5.78 Å². The molecule has 0 radical (unpaired) electrons. The molecule has 2 saturated carbocycles. The maximum absolute atomic E-state index is 12.1. The zero-order chi connectivity index (χ0) is 14.8. The summed E-state index contributed by atoms with van der Waals surface area (Å²) in [6.45, 7) is 0. The summed E-state index contributed by atoms with van der Waals surface area (Å²) in [5.41, 5.74) is 1.45. The minimum Gasteiger partial charge on any atom is -0.504 e. The molecular formula is C17H19ClO3. The Bertz CT molecular complexity index is 639. The third kappa shape index (κ3) is 1.70. The summed E-state index contributed by atoms with van der Waals surface area (Å²) in [5.74, 6) is 1.07. The number of halogens is 1. The van der Waals surface area contributed by atoms with Crippen molar-refractivity contribution in [2.45, 2.75) is 50.4 Å². The smallest absolute Gasteiger partial charge is 0.161 e. The Morgan fingerprint density at radius 2 is 2.10 bits per heavy atom. The summed E-state index contributed by atoms with van der Waals surface area (Å²) >= 11 is 6.34. The second-order valence-electron chi connectivity index (χ2n) is 6.95. The van der Waals surface area contributed by atoms with Crippen LogP contribution in [0.2, 0.25) is 5.02 Å². The SMILES string of the molecule is O=C1CCC2C3CCCC2(C1)c1c(O)c(O)cc(Cl)c1C3. The lowest BCUT2D eigenvalue weighted by Gasteiger charge is -2.55. The lowest BCUT2D eigenvalue weighted by molar-refractivity contribution is -0.125. The van der Waals surface area contributed by atoms with Crippen molar-refractivity contribution in [2.75, 3.05) is 0 Å². The molecule has 4 heteroatoms. The maximum atomic E-state index is 12.1. The third-order valence-corrected chi connectivity index (χ3v) is 6.36. The molecule has 2 fully saturated rings. The fourth-order valence-corrected chi connectivity index (χ4v) is 5.59. The molecule has 0 heterocycles. The molecule has 0 aromatic heterocycles. The maximum Gasteiger partial charge on any atom is 0.161 e. The topological polar surface area (TPSA) is 57.5 Å². The molecule has 0 spiro atoms. The van der Waals surface area contributed by atoms with Crippen molar-refractivity contribution in [3.8, 4) is 11.5 Å². The van der Waals surface area contributed by atoms with E-state index in [-0.39, 0.29) is 22.7 Å². The number of fused-ring (bicyclic) bond motifs is 1. The third-order valence-electron chi connectivity index (χ3n) is 6.02. The van der Waals surface area contributed by atoms with Crippen LogP contribution in [0.4, 0.5) is 0 Å². The molecule has 0 saturated heterocycles. The number of phenols is 2. The summed E-state index contributed by atoms with van der Waals surface area (Å²) in [7, 11) is 0. The van der Waals surface area contributed by atoms with Crippen LogP contribution in [0.1, 0.15) is 49.7 Å². The van der Waals surface area contributed by atoms with Gasteiger partial charge in [-0.1, -0.05) is 18.0 Å². The largest absolute Gasteiger partial charge is 0.504 e. The minimum atomic E-state index is -0.293. The van der Waals surface area contributed by atoms with Crippen LogP contribution in [0.25, 0.3) is 0 Å². The first-order valence-electron chi connectivity index (χ1n) is 7.78. The summed E-state index contributed by atoms with van der Waals surface area (Å²) in [5, 5.41) is 21.0. The van der Waals surface area contributed by atoms with Gasteiger partial charge in [-0.05, 0) is 43.1 Å². The first-order chi connectivity index (χ1) is 10.0. The van der Waals surface area contributed by atoms with Crippen LogP contribution in [0.5, 0.6) is 11.5 Å². The number of rotatable bonds is 0. The standard InChI is InChI=1S/C17H19ClO3/c18-13-7-14(20)16(21)15-11(13)6-9-2-1-5-17(15)8-10(19)3-4-12(9)17/h7,9,12,20-21H,1-6,8H2. The lowest BCUT2D eigenvalue weighted by atomic mass is 9.48. The molecule has 0 aliphatic heterocycles. The van der Waals surface area contributed by atoms with Crippen LogP contribution in [0.15, 0.2) is 6.07 Å². The quantitative estimate of drug-likeness (QED) is 0.718. The normalized spacial score (nSPS) is 34.2. The van der Waals surface area contributed by atoms with Crippen LogP contribution >= 0.6 is 11.6 Å². The molecule has 1 aromatic carbocycles. The summed E-state index contributed by atoms with van der Waals surface area (Å²) in [6, 6.07) is 1.44. The molecule has 3 unspecified atom stereocenters. The van der Waals surface area contributed by atoms with E-state index in [2.05, 4.69) is 0 Å². The van der Waals surface area contributed by atoms with Crippen molar-refractivity contribution in [2.24, 2.45) is 11.8 Å². The average molecular weight is 307 g/mol. The van der Waals surface area contributed by atoms with Gasteiger partial charge in [0.25, 0.3) is 0 Å². The van der Waals surface area contributed by atoms with Gasteiger partial charge in [-0.2, -0.15) is 0 Å². The van der Waals surface area contributed by atoms with E-state index in [9.17, 15) is 15.0 Å². The molecule has 3 nitrogen and oxygen atoms in total. The zero-order valence-electron chi connectivity index (χ0n) is 11.9. The Labute approximate surface area is 128 Å². The Morgan fingerprint density at radius 1 is 1.29 bits per heavy atom. The van der Waals surface area contributed by atoms with Gasteiger partial charge in [-0.3, -0.25) is 4.79 Å². The summed E-state index contributed by atoms with van der Waals surface area (Å²) in [6.07, 6.45) is 6.11. The van der Waals surface area contributed by atoms with Gasteiger partial charge in [-0.15, -0.1) is 0 Å². The Hall–Kier alpha value is -1.22. The van der Waals surface area contributed by atoms with Crippen molar-refractivity contribution >= 4 is 17.4 Å². The minimum absolute atomic E-state index is 0.0468. The molecule has 3 aliphatic rings. The molecule has 2 N–H and O–H groups in total. The van der Waals surface area contributed by atoms with Crippen molar-refractivity contribution in [1.29, 1.82) is 0 Å². The molecule has 112 valence electrons. The van der Waals surface area contributed by atoms with E-state index in [0.29, 0.717) is 29.7 Å². The van der Waals surface area contributed by atoms with Gasteiger partial charge in [0, 0.05) is 34.9 Å². The molecule has 0 amide bonds. The van der Waals surface area contributed by atoms with Gasteiger partial charge in [0.15, 0.2) is 11.5 Å². The van der Waals surface area contributed by atoms with E-state index in [1.54, 1.807) is 0 Å². The highest BCUT2D eigenvalue weighted by atomic mass is 35.5. The first-order valence-corrected chi connectivity index (χ1v) is 8.16. The number of benzene rings is 1. The predicted octanol–water partition coefficient (Wildman–Crippen LogP) is 3.71. The van der Waals surface area contributed by atoms with E-state index < -0.39 is 0 Å². The van der Waals surface area contributed by atoms with E-state index in [1.807, 2.05) is 0 Å². The number of ketones is 1. The molecule has 2 bridgehead atoms. The lowest BCUT2D eigenvalue weighted by Crippen LogP contribution is -2.51. The number of aromatic hydroxyl groups is 2. The number of carbonyl (C=O) groups is 1. The highest BCUT2D eigenvalue weighted by molar-refractivity contribution is 6.31. The second-order valence-corrected chi connectivity index (χ2v) is 7.36. The van der Waals surface area contributed by atoms with Crippen molar-refractivity contribution in [1.82, 2.24) is 0 Å². The van der Waals surface area contributed by atoms with E-state index in [0.717, 1.165) is 36.8 Å². The Balaban J connectivity index is 2.00. The fraction of sp³-hybridized carbons (Fsp3) is 0.588. The van der Waals surface area contributed by atoms with Gasteiger partial charge in [0.05, 0.1) is 0 Å². The fourth-order valence-electron chi connectivity index (χ4n) is 5.31. The molecule has 1 aromatic rings. The number of carbonyl (C=O) groups excluding carboxylic acids is 1. The van der Waals surface area contributed by atoms with Crippen molar-refractivity contribution in [3.63, 3.8) is 0 Å². The number of hydrogen-bond donors (Lipinski definition) is 2. The van der Waals surface area contributed by atoms with E-state index >= 15 is 0 Å². The van der Waals surface area contributed by atoms with E-state index in [1.165, 1.54) is 12.5 Å². The molecular weight excluding hydrogens is 288 g/mol. The van der Waals surface area contributed by atoms with Crippen LogP contribution in [-0.4, -0.2) is 16.0 Å². The number of Topliss-reactive ketones (excluding diaryl/α,β-unsaturated/α-hetero) is 1. The monoisotopic (exact) mass is 306 g/mol. The van der Waals surface area contributed by atoms with Gasteiger partial charge < -0.3 is 10.2 Å². The first kappa shape index (κ1) is 13.4. The Kier molecular flexibility index (Phi) is 2.81.